The predicted octanol–water partition coefficient (Wildman–Crippen LogP) is 1.25. The molecule has 0 saturated carbocycles. The molecule has 0 radical (unpaired) electrons. The summed E-state index contributed by atoms with van der Waals surface area (Å²) in [6.07, 6.45) is 4.21. The van der Waals surface area contributed by atoms with Crippen LogP contribution < -0.4 is 5.32 Å². The summed E-state index contributed by atoms with van der Waals surface area (Å²) in [6.45, 7) is 1.45. The van der Waals surface area contributed by atoms with Crippen LogP contribution in [0.1, 0.15) is 35.3 Å². The number of nitriles is 1. The molecule has 2 heterocycles. The van der Waals surface area contributed by atoms with Gasteiger partial charge in [0.05, 0.1) is 0 Å². The Morgan fingerprint density at radius 2 is 2.39 bits per heavy atom. The maximum Gasteiger partial charge on any atom is 0.251 e. The van der Waals surface area contributed by atoms with Crippen molar-refractivity contribution in [3.8, 4) is 6.07 Å². The fourth-order valence-corrected chi connectivity index (χ4v) is 1.95. The molecule has 5 nitrogen and oxygen atoms in total. The molecule has 1 N–H and O–H groups in total. The van der Waals surface area contributed by atoms with Gasteiger partial charge in [-0.1, -0.05) is 0 Å². The van der Waals surface area contributed by atoms with Gasteiger partial charge in [0.1, 0.15) is 11.8 Å². The second-order valence-electron chi connectivity index (χ2n) is 4.26. The lowest BCUT2D eigenvalue weighted by molar-refractivity contribution is 0.0929. The maximum absolute atomic E-state index is 12.0. The minimum atomic E-state index is -0.152. The van der Waals surface area contributed by atoms with Crippen molar-refractivity contribution in [2.45, 2.75) is 25.3 Å². The summed E-state index contributed by atoms with van der Waals surface area (Å²) in [6, 6.07) is 5.19. The van der Waals surface area contributed by atoms with Gasteiger partial charge < -0.3 is 10.1 Å². The van der Waals surface area contributed by atoms with Crippen LogP contribution in [-0.2, 0) is 4.74 Å². The fourth-order valence-electron chi connectivity index (χ4n) is 1.95. The van der Waals surface area contributed by atoms with E-state index in [1.165, 1.54) is 12.3 Å². The zero-order valence-corrected chi connectivity index (χ0v) is 10.1. The summed E-state index contributed by atoms with van der Waals surface area (Å²) in [7, 11) is 0. The Morgan fingerprint density at radius 3 is 3.22 bits per heavy atom. The minimum Gasteiger partial charge on any atom is -0.381 e. The van der Waals surface area contributed by atoms with Crippen LogP contribution in [0, 0.1) is 11.3 Å². The van der Waals surface area contributed by atoms with Crippen molar-refractivity contribution in [1.82, 2.24) is 10.3 Å². The number of nitrogens with zero attached hydrogens (tertiary/aromatic N) is 2. The highest BCUT2D eigenvalue weighted by molar-refractivity contribution is 5.94. The molecule has 1 aliphatic heterocycles. The van der Waals surface area contributed by atoms with Crippen LogP contribution in [-0.4, -0.2) is 30.1 Å². The van der Waals surface area contributed by atoms with Crippen molar-refractivity contribution in [2.24, 2.45) is 0 Å². The predicted molar refractivity (Wildman–Crippen MR) is 64.9 cm³/mol. The Morgan fingerprint density at radius 1 is 1.50 bits per heavy atom. The summed E-state index contributed by atoms with van der Waals surface area (Å²) >= 11 is 0. The Kier molecular flexibility index (Phi) is 4.26. The van der Waals surface area contributed by atoms with Gasteiger partial charge in [0.2, 0.25) is 0 Å². The summed E-state index contributed by atoms with van der Waals surface area (Å²) in [5, 5.41) is 11.7. The zero-order chi connectivity index (χ0) is 12.8. The third-order valence-electron chi connectivity index (χ3n) is 2.92. The van der Waals surface area contributed by atoms with Crippen molar-refractivity contribution in [1.29, 1.82) is 5.26 Å². The van der Waals surface area contributed by atoms with E-state index in [0.717, 1.165) is 25.9 Å². The normalized spacial score (nSPS) is 19.6. The van der Waals surface area contributed by atoms with E-state index in [4.69, 9.17) is 10.00 Å². The zero-order valence-electron chi connectivity index (χ0n) is 10.1. The number of aromatic nitrogens is 1. The maximum atomic E-state index is 12.0. The smallest absolute Gasteiger partial charge is 0.251 e. The monoisotopic (exact) mass is 245 g/mol. The molecule has 0 spiro atoms. The van der Waals surface area contributed by atoms with Gasteiger partial charge in [0, 0.05) is 31.0 Å². The fraction of sp³-hybridized carbons (Fsp3) is 0.462. The first-order valence-corrected chi connectivity index (χ1v) is 6.04. The molecular weight excluding hydrogens is 230 g/mol. The second-order valence-corrected chi connectivity index (χ2v) is 4.26. The topological polar surface area (TPSA) is 75.0 Å². The standard InChI is InChI=1S/C13H15N3O2/c14-9-12-8-10(3-5-15-12)13(17)16-11-2-1-6-18-7-4-11/h3,5,8,11H,1-2,4,6-7H2,(H,16,17). The molecule has 18 heavy (non-hydrogen) atoms. The largest absolute Gasteiger partial charge is 0.381 e. The number of rotatable bonds is 2. The molecule has 1 saturated heterocycles. The average molecular weight is 245 g/mol. The Labute approximate surface area is 106 Å². The van der Waals surface area contributed by atoms with E-state index in [9.17, 15) is 4.79 Å². The third kappa shape index (κ3) is 3.28. The lowest BCUT2D eigenvalue weighted by Crippen LogP contribution is -2.35. The molecule has 1 aromatic rings. The highest BCUT2D eigenvalue weighted by atomic mass is 16.5. The molecule has 5 heteroatoms. The number of hydrogen-bond acceptors (Lipinski definition) is 4. The van der Waals surface area contributed by atoms with Crippen LogP contribution in [0.15, 0.2) is 18.3 Å². The number of ether oxygens (including phenoxy) is 1. The first kappa shape index (κ1) is 12.5. The number of amides is 1. The number of nitrogens with one attached hydrogen (secondary N) is 1. The molecule has 0 aromatic carbocycles. The number of carbonyl (C=O) groups excluding carboxylic acids is 1. The molecule has 1 aliphatic rings. The number of carbonyl (C=O) groups is 1. The lowest BCUT2D eigenvalue weighted by Gasteiger charge is -2.15. The molecule has 0 aliphatic carbocycles. The van der Waals surface area contributed by atoms with Crippen molar-refractivity contribution >= 4 is 5.91 Å². The van der Waals surface area contributed by atoms with Crippen molar-refractivity contribution in [3.63, 3.8) is 0 Å². The van der Waals surface area contributed by atoms with E-state index < -0.39 is 0 Å². The molecule has 1 fully saturated rings. The number of pyridine rings is 1. The summed E-state index contributed by atoms with van der Waals surface area (Å²) < 4.78 is 5.34. The third-order valence-corrected chi connectivity index (χ3v) is 2.92. The van der Waals surface area contributed by atoms with Crippen molar-refractivity contribution < 1.29 is 9.53 Å². The molecule has 1 amide bonds. The van der Waals surface area contributed by atoms with Crippen LogP contribution in [0.25, 0.3) is 0 Å². The van der Waals surface area contributed by atoms with Gasteiger partial charge in [-0.25, -0.2) is 4.98 Å². The van der Waals surface area contributed by atoms with Gasteiger partial charge in [0.15, 0.2) is 0 Å². The summed E-state index contributed by atoms with van der Waals surface area (Å²) in [5.41, 5.74) is 0.735. The van der Waals surface area contributed by atoms with Gasteiger partial charge in [0.25, 0.3) is 5.91 Å². The van der Waals surface area contributed by atoms with Gasteiger partial charge in [-0.05, 0) is 31.4 Å². The van der Waals surface area contributed by atoms with Gasteiger partial charge in [-0.3, -0.25) is 4.79 Å². The second kappa shape index (κ2) is 6.12. The number of hydrogen-bond donors (Lipinski definition) is 1. The van der Waals surface area contributed by atoms with Crippen LogP contribution in [0.3, 0.4) is 0 Å². The van der Waals surface area contributed by atoms with Crippen molar-refractivity contribution in [2.75, 3.05) is 13.2 Å². The molecule has 2 rings (SSSR count). The van der Waals surface area contributed by atoms with E-state index in [-0.39, 0.29) is 17.6 Å². The molecule has 0 bridgehead atoms. The first-order chi connectivity index (χ1) is 8.79. The van der Waals surface area contributed by atoms with E-state index in [2.05, 4.69) is 10.3 Å². The lowest BCUT2D eigenvalue weighted by atomic mass is 10.1. The first-order valence-electron chi connectivity index (χ1n) is 6.04. The molecule has 1 atom stereocenters. The van der Waals surface area contributed by atoms with Crippen LogP contribution in [0.5, 0.6) is 0 Å². The van der Waals surface area contributed by atoms with Crippen LogP contribution in [0.4, 0.5) is 0 Å². The Balaban J connectivity index is 2.00. The molecule has 1 unspecified atom stereocenters. The van der Waals surface area contributed by atoms with E-state index in [1.54, 1.807) is 6.07 Å². The van der Waals surface area contributed by atoms with E-state index in [1.807, 2.05) is 6.07 Å². The van der Waals surface area contributed by atoms with Gasteiger partial charge >= 0.3 is 0 Å². The molecule has 1 aromatic heterocycles. The average Bonchev–Trinajstić information content (AvgIpc) is 2.67. The SMILES string of the molecule is N#Cc1cc(C(=O)NC2CCCOCC2)ccn1. The summed E-state index contributed by atoms with van der Waals surface area (Å²) in [5.74, 6) is -0.152. The van der Waals surface area contributed by atoms with Crippen LogP contribution >= 0.6 is 0 Å². The Bertz CT molecular complexity index is 460. The van der Waals surface area contributed by atoms with E-state index >= 15 is 0 Å². The van der Waals surface area contributed by atoms with Gasteiger partial charge in [-0.15, -0.1) is 0 Å². The molecule has 94 valence electrons. The Hall–Kier alpha value is -1.93. The minimum absolute atomic E-state index is 0.152. The molecular formula is C13H15N3O2. The highest BCUT2D eigenvalue weighted by Crippen LogP contribution is 2.09. The van der Waals surface area contributed by atoms with Crippen LogP contribution in [0.2, 0.25) is 0 Å². The quantitative estimate of drug-likeness (QED) is 0.851. The van der Waals surface area contributed by atoms with Gasteiger partial charge in [-0.2, -0.15) is 5.26 Å². The summed E-state index contributed by atoms with van der Waals surface area (Å²) in [4.78, 5) is 15.8. The van der Waals surface area contributed by atoms with Crippen molar-refractivity contribution in [3.05, 3.63) is 29.6 Å². The highest BCUT2D eigenvalue weighted by Gasteiger charge is 2.16. The van der Waals surface area contributed by atoms with E-state index in [0.29, 0.717) is 12.2 Å².